The molecule has 0 saturated carbocycles. The van der Waals surface area contributed by atoms with E-state index in [1.165, 1.54) is 19.3 Å². The standard InChI is InChI=1S/C24H32N4O2/c29-20(17-28-14-6-1-7-15-28)18-30-23-11-5-2-8-19(23)16-25-13-12-24-26-21-9-3-4-10-22(21)27-24/h2-5,8-11,20,25,29H,1,6-7,12-18H2,(H,26,27)/t20-/m0/s1. The Bertz CT molecular complexity index is 887. The summed E-state index contributed by atoms with van der Waals surface area (Å²) in [6.07, 6.45) is 4.15. The number of imidazole rings is 1. The summed E-state index contributed by atoms with van der Waals surface area (Å²) in [5.74, 6) is 1.83. The number of nitrogens with one attached hydrogen (secondary N) is 2. The number of rotatable bonds is 10. The second kappa shape index (κ2) is 10.6. The van der Waals surface area contributed by atoms with E-state index in [4.69, 9.17) is 4.74 Å². The number of benzene rings is 2. The van der Waals surface area contributed by atoms with Gasteiger partial charge in [-0.25, -0.2) is 4.98 Å². The van der Waals surface area contributed by atoms with E-state index in [0.29, 0.717) is 13.2 Å². The topological polar surface area (TPSA) is 73.4 Å². The average molecular weight is 409 g/mol. The van der Waals surface area contributed by atoms with Gasteiger partial charge in [-0.05, 0) is 44.1 Å². The van der Waals surface area contributed by atoms with Crippen LogP contribution in [0, 0.1) is 0 Å². The van der Waals surface area contributed by atoms with E-state index in [1.54, 1.807) is 0 Å². The van der Waals surface area contributed by atoms with Crippen LogP contribution in [0.3, 0.4) is 0 Å². The molecular formula is C24H32N4O2. The third kappa shape index (κ3) is 5.81. The fourth-order valence-electron chi connectivity index (χ4n) is 4.02. The third-order valence-electron chi connectivity index (χ3n) is 5.61. The van der Waals surface area contributed by atoms with Gasteiger partial charge < -0.3 is 25.0 Å². The van der Waals surface area contributed by atoms with Crippen LogP contribution in [0.2, 0.25) is 0 Å². The molecular weight excluding hydrogens is 376 g/mol. The van der Waals surface area contributed by atoms with Crippen molar-refractivity contribution in [3.05, 3.63) is 59.9 Å². The Kier molecular flexibility index (Phi) is 7.34. The van der Waals surface area contributed by atoms with Crippen LogP contribution in [0.1, 0.15) is 30.7 Å². The zero-order valence-electron chi connectivity index (χ0n) is 17.5. The Hall–Kier alpha value is -2.41. The van der Waals surface area contributed by atoms with E-state index < -0.39 is 6.10 Å². The summed E-state index contributed by atoms with van der Waals surface area (Å²) in [6, 6.07) is 16.1. The van der Waals surface area contributed by atoms with Crippen molar-refractivity contribution in [1.82, 2.24) is 20.2 Å². The molecule has 30 heavy (non-hydrogen) atoms. The molecule has 1 aromatic heterocycles. The molecule has 6 heteroatoms. The molecule has 0 radical (unpaired) electrons. The monoisotopic (exact) mass is 408 g/mol. The molecule has 1 fully saturated rings. The second-order valence-electron chi connectivity index (χ2n) is 8.06. The van der Waals surface area contributed by atoms with Crippen molar-refractivity contribution in [2.75, 3.05) is 32.8 Å². The van der Waals surface area contributed by atoms with Crippen LogP contribution in [0.25, 0.3) is 11.0 Å². The number of aromatic nitrogens is 2. The molecule has 0 spiro atoms. The Morgan fingerprint density at radius 3 is 2.73 bits per heavy atom. The van der Waals surface area contributed by atoms with Gasteiger partial charge >= 0.3 is 0 Å². The second-order valence-corrected chi connectivity index (χ2v) is 8.06. The summed E-state index contributed by atoms with van der Waals surface area (Å²) < 4.78 is 5.96. The number of likely N-dealkylation sites (tertiary alicyclic amines) is 1. The Morgan fingerprint density at radius 2 is 1.87 bits per heavy atom. The Balaban J connectivity index is 1.22. The van der Waals surface area contributed by atoms with E-state index >= 15 is 0 Å². The number of β-amino-alcohol motifs (C(OH)–C–C–N with tert-alkyl or cyclic N) is 1. The van der Waals surface area contributed by atoms with Crippen molar-refractivity contribution < 1.29 is 9.84 Å². The van der Waals surface area contributed by atoms with Gasteiger partial charge in [-0.15, -0.1) is 0 Å². The molecule has 160 valence electrons. The van der Waals surface area contributed by atoms with Gasteiger partial charge in [-0.3, -0.25) is 0 Å². The highest BCUT2D eigenvalue weighted by Gasteiger charge is 2.15. The van der Waals surface area contributed by atoms with Gasteiger partial charge in [0.1, 0.15) is 24.3 Å². The highest BCUT2D eigenvalue weighted by atomic mass is 16.5. The number of piperidine rings is 1. The van der Waals surface area contributed by atoms with Gasteiger partial charge in [-0.1, -0.05) is 36.8 Å². The van der Waals surface area contributed by atoms with Crippen LogP contribution in [-0.2, 0) is 13.0 Å². The van der Waals surface area contributed by atoms with E-state index in [9.17, 15) is 5.11 Å². The van der Waals surface area contributed by atoms with Crippen LogP contribution in [0.15, 0.2) is 48.5 Å². The van der Waals surface area contributed by atoms with Crippen molar-refractivity contribution in [3.63, 3.8) is 0 Å². The number of hydrogen-bond acceptors (Lipinski definition) is 5. The van der Waals surface area contributed by atoms with Crippen LogP contribution >= 0.6 is 0 Å². The molecule has 1 atom stereocenters. The van der Waals surface area contributed by atoms with Crippen molar-refractivity contribution >= 4 is 11.0 Å². The fraction of sp³-hybridized carbons (Fsp3) is 0.458. The molecule has 2 heterocycles. The third-order valence-corrected chi connectivity index (χ3v) is 5.61. The lowest BCUT2D eigenvalue weighted by Crippen LogP contribution is -2.38. The summed E-state index contributed by atoms with van der Waals surface area (Å²) in [7, 11) is 0. The highest BCUT2D eigenvalue weighted by Crippen LogP contribution is 2.18. The maximum Gasteiger partial charge on any atom is 0.123 e. The zero-order valence-corrected chi connectivity index (χ0v) is 17.5. The van der Waals surface area contributed by atoms with Crippen molar-refractivity contribution in [2.45, 2.75) is 38.3 Å². The molecule has 0 aliphatic carbocycles. The molecule has 3 N–H and O–H groups in total. The largest absolute Gasteiger partial charge is 0.491 e. The number of aliphatic hydroxyl groups is 1. The molecule has 0 amide bonds. The van der Waals surface area contributed by atoms with Gasteiger partial charge in [0.2, 0.25) is 0 Å². The minimum atomic E-state index is -0.461. The Morgan fingerprint density at radius 1 is 1.07 bits per heavy atom. The van der Waals surface area contributed by atoms with Crippen LogP contribution in [0.4, 0.5) is 0 Å². The molecule has 0 bridgehead atoms. The number of H-pyrrole nitrogens is 1. The minimum absolute atomic E-state index is 0.326. The predicted molar refractivity (Wildman–Crippen MR) is 120 cm³/mol. The number of nitrogens with zero attached hydrogens (tertiary/aromatic N) is 2. The van der Waals surface area contributed by atoms with Gasteiger partial charge in [0.25, 0.3) is 0 Å². The molecule has 1 aliphatic heterocycles. The Labute approximate surface area is 178 Å². The summed E-state index contributed by atoms with van der Waals surface area (Å²) in [6.45, 7) is 4.74. The summed E-state index contributed by atoms with van der Waals surface area (Å²) >= 11 is 0. The number of fused-ring (bicyclic) bond motifs is 1. The van der Waals surface area contributed by atoms with Gasteiger partial charge in [0.05, 0.1) is 11.0 Å². The fourth-order valence-corrected chi connectivity index (χ4v) is 4.02. The first-order chi connectivity index (χ1) is 14.8. The van der Waals surface area contributed by atoms with Crippen molar-refractivity contribution in [2.24, 2.45) is 0 Å². The van der Waals surface area contributed by atoms with E-state index in [-0.39, 0.29) is 0 Å². The lowest BCUT2D eigenvalue weighted by atomic mass is 10.1. The number of aromatic amines is 1. The average Bonchev–Trinajstić information content (AvgIpc) is 3.19. The first-order valence-corrected chi connectivity index (χ1v) is 11.0. The number of ether oxygens (including phenoxy) is 1. The first-order valence-electron chi connectivity index (χ1n) is 11.0. The summed E-state index contributed by atoms with van der Waals surface area (Å²) in [5.41, 5.74) is 3.19. The van der Waals surface area contributed by atoms with Crippen LogP contribution < -0.4 is 10.1 Å². The van der Waals surface area contributed by atoms with E-state index in [2.05, 4.69) is 26.3 Å². The number of hydrogen-bond donors (Lipinski definition) is 3. The molecule has 2 aromatic carbocycles. The SMILES string of the molecule is O[C@H](COc1ccccc1CNCCc1nc2ccccc2[nH]1)CN1CCCCC1. The van der Waals surface area contributed by atoms with Crippen molar-refractivity contribution in [3.8, 4) is 5.75 Å². The number of aliphatic hydroxyl groups excluding tert-OH is 1. The minimum Gasteiger partial charge on any atom is -0.491 e. The molecule has 6 nitrogen and oxygen atoms in total. The van der Waals surface area contributed by atoms with Gasteiger partial charge in [-0.2, -0.15) is 0 Å². The van der Waals surface area contributed by atoms with E-state index in [0.717, 1.165) is 60.8 Å². The molecule has 1 saturated heterocycles. The van der Waals surface area contributed by atoms with Gasteiger partial charge in [0.15, 0.2) is 0 Å². The quantitative estimate of drug-likeness (QED) is 0.450. The molecule has 3 aromatic rings. The lowest BCUT2D eigenvalue weighted by Gasteiger charge is -2.28. The lowest BCUT2D eigenvalue weighted by molar-refractivity contribution is 0.0614. The maximum atomic E-state index is 10.4. The van der Waals surface area contributed by atoms with Crippen LogP contribution in [0.5, 0.6) is 5.75 Å². The summed E-state index contributed by atoms with van der Waals surface area (Å²) in [5, 5.41) is 13.8. The van der Waals surface area contributed by atoms with Crippen molar-refractivity contribution in [1.29, 1.82) is 0 Å². The maximum absolute atomic E-state index is 10.4. The zero-order chi connectivity index (χ0) is 20.6. The normalized spacial score (nSPS) is 16.0. The predicted octanol–water partition coefficient (Wildman–Crippen LogP) is 3.12. The highest BCUT2D eigenvalue weighted by molar-refractivity contribution is 5.74. The number of para-hydroxylation sites is 3. The van der Waals surface area contributed by atoms with E-state index in [1.807, 2.05) is 42.5 Å². The molecule has 4 rings (SSSR count). The summed E-state index contributed by atoms with van der Waals surface area (Å²) in [4.78, 5) is 10.3. The molecule has 0 unspecified atom stereocenters. The first kappa shape index (κ1) is 20.8. The van der Waals surface area contributed by atoms with Crippen LogP contribution in [-0.4, -0.2) is 58.9 Å². The smallest absolute Gasteiger partial charge is 0.123 e. The van der Waals surface area contributed by atoms with Gasteiger partial charge in [0, 0.05) is 31.6 Å². The molecule has 1 aliphatic rings.